The standard InChI is InChI=1S/C17H16N2O7/c1-3-26-17(23)15-12(8-20)18-9(2)13(16(21)22)14(15)10-5-4-6-11(7-10)19(24)25/h4-8,13-14H,3H2,1-2H3,(H,21,22). The van der Waals surface area contributed by atoms with Crippen LogP contribution in [0.4, 0.5) is 5.69 Å². The van der Waals surface area contributed by atoms with Crippen molar-refractivity contribution in [1.29, 1.82) is 0 Å². The molecule has 0 spiro atoms. The maximum Gasteiger partial charge on any atom is 0.336 e. The zero-order chi connectivity index (χ0) is 19.4. The lowest BCUT2D eigenvalue weighted by Gasteiger charge is -2.29. The van der Waals surface area contributed by atoms with Gasteiger partial charge in [-0.15, -0.1) is 0 Å². The van der Waals surface area contributed by atoms with E-state index in [1.165, 1.54) is 31.2 Å². The summed E-state index contributed by atoms with van der Waals surface area (Å²) in [6, 6.07) is 5.28. The number of nitro benzene ring substituents is 1. The summed E-state index contributed by atoms with van der Waals surface area (Å²) in [5.41, 5.74) is -0.398. The lowest BCUT2D eigenvalue weighted by Crippen LogP contribution is -2.36. The molecule has 0 amide bonds. The number of ether oxygens (including phenoxy) is 1. The van der Waals surface area contributed by atoms with Gasteiger partial charge in [0.05, 0.1) is 17.1 Å². The summed E-state index contributed by atoms with van der Waals surface area (Å²) in [5, 5.41) is 20.7. The van der Waals surface area contributed by atoms with Crippen LogP contribution in [-0.4, -0.2) is 40.6 Å². The number of rotatable bonds is 6. The molecule has 1 aliphatic rings. The van der Waals surface area contributed by atoms with Gasteiger partial charge < -0.3 is 9.84 Å². The fourth-order valence-corrected chi connectivity index (χ4v) is 2.93. The van der Waals surface area contributed by atoms with E-state index in [4.69, 9.17) is 4.74 Å². The minimum atomic E-state index is -1.27. The van der Waals surface area contributed by atoms with Crippen LogP contribution in [0.5, 0.6) is 0 Å². The highest BCUT2D eigenvalue weighted by Crippen LogP contribution is 2.40. The van der Waals surface area contributed by atoms with Crippen molar-refractivity contribution >= 4 is 29.6 Å². The van der Waals surface area contributed by atoms with Gasteiger partial charge in [-0.2, -0.15) is 0 Å². The largest absolute Gasteiger partial charge is 0.481 e. The number of nitrogens with zero attached hydrogens (tertiary/aromatic N) is 2. The molecule has 0 aromatic heterocycles. The van der Waals surface area contributed by atoms with Gasteiger partial charge in [0.2, 0.25) is 0 Å². The Labute approximate surface area is 148 Å². The fraction of sp³-hybridized carbons (Fsp3) is 0.294. The van der Waals surface area contributed by atoms with E-state index in [0.717, 1.165) is 0 Å². The van der Waals surface area contributed by atoms with Crippen LogP contribution in [0.2, 0.25) is 0 Å². The summed E-state index contributed by atoms with van der Waals surface area (Å²) >= 11 is 0. The number of carboxylic acids is 1. The normalized spacial score (nSPS) is 19.5. The average molecular weight is 360 g/mol. The van der Waals surface area contributed by atoms with E-state index in [2.05, 4.69) is 4.99 Å². The van der Waals surface area contributed by atoms with Crippen molar-refractivity contribution in [3.63, 3.8) is 0 Å². The van der Waals surface area contributed by atoms with E-state index in [9.17, 15) is 29.6 Å². The number of esters is 1. The maximum atomic E-state index is 12.4. The van der Waals surface area contributed by atoms with Gasteiger partial charge in [-0.05, 0) is 19.4 Å². The van der Waals surface area contributed by atoms with Gasteiger partial charge in [0.25, 0.3) is 5.69 Å². The van der Waals surface area contributed by atoms with Crippen LogP contribution in [0.25, 0.3) is 0 Å². The van der Waals surface area contributed by atoms with Gasteiger partial charge in [0.1, 0.15) is 11.6 Å². The summed E-state index contributed by atoms with van der Waals surface area (Å²) in [6.45, 7) is 3.00. The van der Waals surface area contributed by atoms with Crippen LogP contribution in [-0.2, 0) is 19.1 Å². The molecule has 26 heavy (non-hydrogen) atoms. The minimum Gasteiger partial charge on any atom is -0.481 e. The Kier molecular flexibility index (Phi) is 5.61. The predicted octanol–water partition coefficient (Wildman–Crippen LogP) is 1.87. The van der Waals surface area contributed by atoms with E-state index in [-0.39, 0.29) is 34.8 Å². The third-order valence-corrected chi connectivity index (χ3v) is 3.98. The van der Waals surface area contributed by atoms with Crippen LogP contribution in [0, 0.1) is 16.0 Å². The second kappa shape index (κ2) is 7.68. The van der Waals surface area contributed by atoms with E-state index in [0.29, 0.717) is 6.29 Å². The number of allylic oxidation sites excluding steroid dienone is 1. The third kappa shape index (κ3) is 3.51. The van der Waals surface area contributed by atoms with Gasteiger partial charge >= 0.3 is 11.9 Å². The Morgan fingerprint density at radius 3 is 2.65 bits per heavy atom. The molecule has 2 rings (SSSR count). The molecular formula is C17H16N2O7. The highest BCUT2D eigenvalue weighted by Gasteiger charge is 2.42. The van der Waals surface area contributed by atoms with Crippen LogP contribution in [0.3, 0.4) is 0 Å². The van der Waals surface area contributed by atoms with Crippen LogP contribution in [0.15, 0.2) is 40.5 Å². The SMILES string of the molecule is CCOC(=O)C1=C(C=O)N=C(C)C(C(=O)O)C1c1cccc([N+](=O)[O-])c1. The molecule has 0 radical (unpaired) electrons. The van der Waals surface area contributed by atoms with Gasteiger partial charge in [-0.3, -0.25) is 24.7 Å². The van der Waals surface area contributed by atoms with Crippen molar-refractivity contribution in [2.24, 2.45) is 10.9 Å². The van der Waals surface area contributed by atoms with E-state index >= 15 is 0 Å². The topological polar surface area (TPSA) is 136 Å². The number of carbonyl (C=O) groups excluding carboxylic acids is 2. The number of non-ortho nitro benzene ring substituents is 1. The zero-order valence-corrected chi connectivity index (χ0v) is 14.0. The summed E-state index contributed by atoms with van der Waals surface area (Å²) in [4.78, 5) is 50.0. The predicted molar refractivity (Wildman–Crippen MR) is 89.8 cm³/mol. The van der Waals surface area contributed by atoms with Gasteiger partial charge in [0.15, 0.2) is 6.29 Å². The zero-order valence-electron chi connectivity index (χ0n) is 14.0. The minimum absolute atomic E-state index is 0.0105. The molecule has 0 bridgehead atoms. The second-order valence-electron chi connectivity index (χ2n) is 5.54. The van der Waals surface area contributed by atoms with Gasteiger partial charge in [-0.25, -0.2) is 4.79 Å². The third-order valence-electron chi connectivity index (χ3n) is 3.98. The molecule has 2 atom stereocenters. The Balaban J connectivity index is 2.74. The molecule has 0 aliphatic carbocycles. The molecule has 9 heteroatoms. The number of carbonyl (C=O) groups is 3. The Bertz CT molecular complexity index is 841. The molecule has 0 fully saturated rings. The number of hydrogen-bond acceptors (Lipinski definition) is 7. The summed E-state index contributed by atoms with van der Waals surface area (Å²) in [5.74, 6) is -4.55. The fourth-order valence-electron chi connectivity index (χ4n) is 2.93. The molecule has 136 valence electrons. The summed E-state index contributed by atoms with van der Waals surface area (Å²) in [6.07, 6.45) is 0.345. The first kappa shape index (κ1) is 19.0. The highest BCUT2D eigenvalue weighted by atomic mass is 16.6. The van der Waals surface area contributed by atoms with Gasteiger partial charge in [0, 0.05) is 23.8 Å². The molecule has 1 aliphatic heterocycles. The first-order valence-electron chi connectivity index (χ1n) is 7.70. The van der Waals surface area contributed by atoms with Crippen molar-refractivity contribution in [3.05, 3.63) is 51.2 Å². The number of aldehydes is 1. The number of aliphatic carboxylic acids is 1. The first-order valence-corrected chi connectivity index (χ1v) is 7.70. The smallest absolute Gasteiger partial charge is 0.336 e. The maximum absolute atomic E-state index is 12.4. The van der Waals surface area contributed by atoms with Crippen molar-refractivity contribution in [3.8, 4) is 0 Å². The van der Waals surface area contributed by atoms with Crippen molar-refractivity contribution in [1.82, 2.24) is 0 Å². The second-order valence-corrected chi connectivity index (χ2v) is 5.54. The monoisotopic (exact) mass is 360 g/mol. The Hall–Kier alpha value is -3.36. The first-order chi connectivity index (χ1) is 12.3. The molecule has 1 aromatic carbocycles. The molecule has 2 unspecified atom stereocenters. The molecule has 0 saturated heterocycles. The molecule has 1 heterocycles. The van der Waals surface area contributed by atoms with Crippen LogP contribution >= 0.6 is 0 Å². The molecule has 0 saturated carbocycles. The molecule has 9 nitrogen and oxygen atoms in total. The lowest BCUT2D eigenvalue weighted by atomic mass is 9.75. The molecular weight excluding hydrogens is 344 g/mol. The van der Waals surface area contributed by atoms with Crippen molar-refractivity contribution < 1.29 is 29.2 Å². The number of hydrogen-bond donors (Lipinski definition) is 1. The quantitative estimate of drug-likeness (QED) is 0.354. The van der Waals surface area contributed by atoms with Crippen molar-refractivity contribution in [2.45, 2.75) is 19.8 Å². The summed E-state index contributed by atoms with van der Waals surface area (Å²) in [7, 11) is 0. The number of nitro groups is 1. The Morgan fingerprint density at radius 1 is 1.42 bits per heavy atom. The van der Waals surface area contributed by atoms with Crippen LogP contribution in [0.1, 0.15) is 25.3 Å². The van der Waals surface area contributed by atoms with E-state index in [1.807, 2.05) is 0 Å². The highest BCUT2D eigenvalue weighted by molar-refractivity contribution is 6.09. The summed E-state index contributed by atoms with van der Waals surface area (Å²) < 4.78 is 4.95. The number of aliphatic imine (C=N–C) groups is 1. The molecule has 1 N–H and O–H groups in total. The number of benzene rings is 1. The van der Waals surface area contributed by atoms with E-state index < -0.39 is 28.7 Å². The number of carboxylic acid groups (broad SMARTS) is 1. The van der Waals surface area contributed by atoms with Crippen molar-refractivity contribution in [2.75, 3.05) is 6.61 Å². The van der Waals surface area contributed by atoms with Gasteiger partial charge in [-0.1, -0.05) is 12.1 Å². The van der Waals surface area contributed by atoms with Crippen LogP contribution < -0.4 is 0 Å². The average Bonchev–Trinajstić information content (AvgIpc) is 2.60. The lowest BCUT2D eigenvalue weighted by molar-refractivity contribution is -0.384. The Morgan fingerprint density at radius 2 is 2.12 bits per heavy atom. The van der Waals surface area contributed by atoms with E-state index in [1.54, 1.807) is 6.92 Å². The molecule has 1 aromatic rings.